The first kappa shape index (κ1) is 29.0. The molecule has 0 unspecified atom stereocenters. The minimum atomic E-state index is -0.558. The largest absolute Gasteiger partial charge is 0.497 e. The molecular weight excluding hydrogens is 456 g/mol. The Bertz CT molecular complexity index is 978. The molecule has 2 rings (SSSR count). The summed E-state index contributed by atoms with van der Waals surface area (Å²) in [6.45, 7) is 11.2. The molecule has 0 saturated carbocycles. The van der Waals surface area contributed by atoms with E-state index in [0.29, 0.717) is 44.1 Å². The Balaban J connectivity index is 2.26. The van der Waals surface area contributed by atoms with E-state index in [1.807, 2.05) is 77.1 Å². The van der Waals surface area contributed by atoms with Crippen molar-refractivity contribution in [3.05, 3.63) is 53.6 Å². The van der Waals surface area contributed by atoms with Crippen molar-refractivity contribution in [2.75, 3.05) is 20.3 Å². The zero-order chi connectivity index (χ0) is 26.5. The van der Waals surface area contributed by atoms with Crippen LogP contribution in [0, 0.1) is 0 Å². The van der Waals surface area contributed by atoms with Crippen LogP contribution in [-0.4, -0.2) is 49.1 Å². The van der Waals surface area contributed by atoms with Crippen LogP contribution in [0.15, 0.2) is 42.5 Å². The van der Waals surface area contributed by atoms with Crippen molar-refractivity contribution in [3.63, 3.8) is 0 Å². The van der Waals surface area contributed by atoms with Gasteiger partial charge >= 0.3 is 0 Å². The zero-order valence-corrected chi connectivity index (χ0v) is 22.6. The van der Waals surface area contributed by atoms with Gasteiger partial charge in [0, 0.05) is 19.0 Å². The minimum Gasteiger partial charge on any atom is -0.497 e. The van der Waals surface area contributed by atoms with Gasteiger partial charge in [0.2, 0.25) is 11.8 Å². The predicted molar refractivity (Wildman–Crippen MR) is 143 cm³/mol. The second-order valence-corrected chi connectivity index (χ2v) is 8.76. The molecule has 7 nitrogen and oxygen atoms in total. The van der Waals surface area contributed by atoms with E-state index in [1.54, 1.807) is 12.0 Å². The molecule has 2 atom stereocenters. The van der Waals surface area contributed by atoms with Gasteiger partial charge in [-0.2, -0.15) is 0 Å². The summed E-state index contributed by atoms with van der Waals surface area (Å²) in [7, 11) is 1.61. The number of hydrogen-bond acceptors (Lipinski definition) is 5. The SMILES string of the molecule is CCOc1ccc(CCC(=O)N(Cc2cccc(OC)c2)[C@@H](CC)C(=O)N[C@H](C)CC)cc1OCC. The predicted octanol–water partition coefficient (Wildman–Crippen LogP) is 5.15. The van der Waals surface area contributed by atoms with Crippen molar-refractivity contribution in [1.29, 1.82) is 0 Å². The van der Waals surface area contributed by atoms with E-state index >= 15 is 0 Å². The van der Waals surface area contributed by atoms with Crippen LogP contribution in [-0.2, 0) is 22.6 Å². The molecular formula is C29H42N2O5. The number of methoxy groups -OCH3 is 1. The van der Waals surface area contributed by atoms with Crippen molar-refractivity contribution in [2.24, 2.45) is 0 Å². The number of hydrogen-bond donors (Lipinski definition) is 1. The highest BCUT2D eigenvalue weighted by Gasteiger charge is 2.29. The van der Waals surface area contributed by atoms with Gasteiger partial charge in [-0.05, 0) is 75.4 Å². The summed E-state index contributed by atoms with van der Waals surface area (Å²) in [5.41, 5.74) is 1.89. The fourth-order valence-corrected chi connectivity index (χ4v) is 3.97. The van der Waals surface area contributed by atoms with Crippen LogP contribution >= 0.6 is 0 Å². The molecule has 0 aliphatic heterocycles. The molecule has 0 aliphatic rings. The van der Waals surface area contributed by atoms with Gasteiger partial charge in [-0.15, -0.1) is 0 Å². The Kier molecular flexibility index (Phi) is 12.1. The lowest BCUT2D eigenvalue weighted by Crippen LogP contribution is -2.50. The molecule has 0 bridgehead atoms. The number of aryl methyl sites for hydroxylation is 1. The standard InChI is InChI=1S/C29H42N2O5/c1-7-21(5)30-29(33)25(8-2)31(20-23-12-11-13-24(18-23)34-6)28(32)17-15-22-14-16-26(35-9-3)27(19-22)36-10-4/h11-14,16,18-19,21,25H,7-10,15,17,20H2,1-6H3,(H,30,33)/t21-,25+/m1/s1. The number of carbonyl (C=O) groups is 2. The summed E-state index contributed by atoms with van der Waals surface area (Å²) in [6, 6.07) is 12.9. The third kappa shape index (κ3) is 8.47. The maximum atomic E-state index is 13.6. The van der Waals surface area contributed by atoms with Crippen LogP contribution in [0.4, 0.5) is 0 Å². The van der Waals surface area contributed by atoms with Gasteiger partial charge in [0.25, 0.3) is 0 Å². The molecule has 2 aromatic rings. The summed E-state index contributed by atoms with van der Waals surface area (Å²) < 4.78 is 16.7. The first-order valence-corrected chi connectivity index (χ1v) is 13.0. The number of nitrogens with zero attached hydrogens (tertiary/aromatic N) is 1. The molecule has 0 aromatic heterocycles. The lowest BCUT2D eigenvalue weighted by molar-refractivity contribution is -0.141. The first-order valence-electron chi connectivity index (χ1n) is 13.0. The van der Waals surface area contributed by atoms with Gasteiger partial charge in [0.1, 0.15) is 11.8 Å². The van der Waals surface area contributed by atoms with Gasteiger partial charge < -0.3 is 24.4 Å². The van der Waals surface area contributed by atoms with Crippen LogP contribution < -0.4 is 19.5 Å². The highest BCUT2D eigenvalue weighted by molar-refractivity contribution is 5.88. The molecule has 0 heterocycles. The number of rotatable bonds is 15. The maximum Gasteiger partial charge on any atom is 0.243 e. The van der Waals surface area contributed by atoms with Crippen molar-refractivity contribution in [2.45, 2.75) is 78.9 Å². The molecule has 2 aromatic carbocycles. The second kappa shape index (κ2) is 15.0. The molecule has 2 amide bonds. The maximum absolute atomic E-state index is 13.6. The Labute approximate surface area is 216 Å². The highest BCUT2D eigenvalue weighted by Crippen LogP contribution is 2.29. The van der Waals surface area contributed by atoms with Crippen molar-refractivity contribution >= 4 is 11.8 Å². The quantitative estimate of drug-likeness (QED) is 0.368. The van der Waals surface area contributed by atoms with Crippen molar-refractivity contribution in [1.82, 2.24) is 10.2 Å². The van der Waals surface area contributed by atoms with E-state index in [0.717, 1.165) is 23.3 Å². The normalized spacial score (nSPS) is 12.4. The fourth-order valence-electron chi connectivity index (χ4n) is 3.97. The van der Waals surface area contributed by atoms with Gasteiger partial charge in [-0.1, -0.05) is 32.0 Å². The smallest absolute Gasteiger partial charge is 0.243 e. The van der Waals surface area contributed by atoms with E-state index in [2.05, 4.69) is 5.32 Å². The minimum absolute atomic E-state index is 0.0427. The molecule has 0 spiro atoms. The summed E-state index contributed by atoms with van der Waals surface area (Å²) in [5.74, 6) is 1.90. The summed E-state index contributed by atoms with van der Waals surface area (Å²) in [5, 5.41) is 3.05. The van der Waals surface area contributed by atoms with Gasteiger partial charge in [0.05, 0.1) is 20.3 Å². The Morgan fingerprint density at radius 2 is 1.64 bits per heavy atom. The Morgan fingerprint density at radius 1 is 0.917 bits per heavy atom. The monoisotopic (exact) mass is 498 g/mol. The van der Waals surface area contributed by atoms with Gasteiger partial charge in [-0.3, -0.25) is 9.59 Å². The van der Waals surface area contributed by atoms with E-state index < -0.39 is 6.04 Å². The number of benzene rings is 2. The van der Waals surface area contributed by atoms with Crippen LogP contribution in [0.25, 0.3) is 0 Å². The topological polar surface area (TPSA) is 77.1 Å². The Morgan fingerprint density at radius 3 is 2.28 bits per heavy atom. The third-order valence-corrected chi connectivity index (χ3v) is 6.11. The van der Waals surface area contributed by atoms with E-state index in [4.69, 9.17) is 14.2 Å². The lowest BCUT2D eigenvalue weighted by atomic mass is 10.0. The van der Waals surface area contributed by atoms with Crippen LogP contribution in [0.3, 0.4) is 0 Å². The summed E-state index contributed by atoms with van der Waals surface area (Å²) in [4.78, 5) is 28.4. The Hall–Kier alpha value is -3.22. The number of ether oxygens (including phenoxy) is 3. The van der Waals surface area contributed by atoms with E-state index in [-0.39, 0.29) is 24.3 Å². The third-order valence-electron chi connectivity index (χ3n) is 6.11. The van der Waals surface area contributed by atoms with Crippen LogP contribution in [0.5, 0.6) is 17.2 Å². The molecule has 7 heteroatoms. The number of nitrogens with one attached hydrogen (secondary N) is 1. The van der Waals surface area contributed by atoms with Crippen molar-refractivity contribution in [3.8, 4) is 17.2 Å². The van der Waals surface area contributed by atoms with E-state index in [9.17, 15) is 9.59 Å². The summed E-state index contributed by atoms with van der Waals surface area (Å²) in [6.07, 6.45) is 2.15. The van der Waals surface area contributed by atoms with Gasteiger partial charge in [0.15, 0.2) is 11.5 Å². The molecule has 0 saturated heterocycles. The van der Waals surface area contributed by atoms with Crippen LogP contribution in [0.1, 0.15) is 65.0 Å². The first-order chi connectivity index (χ1) is 17.4. The zero-order valence-electron chi connectivity index (χ0n) is 22.6. The second-order valence-electron chi connectivity index (χ2n) is 8.76. The average Bonchev–Trinajstić information content (AvgIpc) is 2.88. The number of carbonyl (C=O) groups excluding carboxylic acids is 2. The summed E-state index contributed by atoms with van der Waals surface area (Å²) >= 11 is 0. The molecule has 0 fully saturated rings. The molecule has 36 heavy (non-hydrogen) atoms. The molecule has 0 aliphatic carbocycles. The molecule has 198 valence electrons. The molecule has 0 radical (unpaired) electrons. The average molecular weight is 499 g/mol. The fraction of sp³-hybridized carbons (Fsp3) is 0.517. The lowest BCUT2D eigenvalue weighted by Gasteiger charge is -2.31. The highest BCUT2D eigenvalue weighted by atomic mass is 16.5. The van der Waals surface area contributed by atoms with E-state index in [1.165, 1.54) is 0 Å². The molecule has 1 N–H and O–H groups in total. The van der Waals surface area contributed by atoms with Crippen LogP contribution in [0.2, 0.25) is 0 Å². The number of amides is 2. The van der Waals surface area contributed by atoms with Gasteiger partial charge in [-0.25, -0.2) is 0 Å². The van der Waals surface area contributed by atoms with Crippen molar-refractivity contribution < 1.29 is 23.8 Å².